The van der Waals surface area contributed by atoms with Gasteiger partial charge in [0.05, 0.1) is 5.02 Å². The van der Waals surface area contributed by atoms with Crippen molar-refractivity contribution in [2.75, 3.05) is 13.2 Å². The lowest BCUT2D eigenvalue weighted by molar-refractivity contribution is -0.131. The molecule has 3 aromatic carbocycles. The van der Waals surface area contributed by atoms with Crippen LogP contribution in [0.4, 0.5) is 0 Å². The van der Waals surface area contributed by atoms with Crippen molar-refractivity contribution in [3.05, 3.63) is 83.9 Å². The molecular formula is C22H19ClN2O4. The Morgan fingerprint density at radius 3 is 1.90 bits per heavy atom. The number of hydrazine groups is 1. The number of para-hydroxylation sites is 1. The van der Waals surface area contributed by atoms with Gasteiger partial charge in [0.25, 0.3) is 11.8 Å². The van der Waals surface area contributed by atoms with E-state index in [-0.39, 0.29) is 13.2 Å². The molecule has 0 bridgehead atoms. The van der Waals surface area contributed by atoms with Crippen LogP contribution in [0.2, 0.25) is 5.02 Å². The summed E-state index contributed by atoms with van der Waals surface area (Å²) in [6, 6.07) is 24.1. The number of ether oxygens (including phenoxy) is 2. The summed E-state index contributed by atoms with van der Waals surface area (Å²) in [7, 11) is 0. The van der Waals surface area contributed by atoms with Gasteiger partial charge in [0, 0.05) is 0 Å². The van der Waals surface area contributed by atoms with Crippen LogP contribution in [0.15, 0.2) is 78.9 Å². The monoisotopic (exact) mass is 410 g/mol. The summed E-state index contributed by atoms with van der Waals surface area (Å²) < 4.78 is 10.7. The largest absolute Gasteiger partial charge is 0.484 e. The lowest BCUT2D eigenvalue weighted by atomic mass is 10.1. The number of carbonyl (C=O) groups excluding carboxylic acids is 2. The van der Waals surface area contributed by atoms with Crippen molar-refractivity contribution in [1.29, 1.82) is 0 Å². The normalized spacial score (nSPS) is 10.1. The van der Waals surface area contributed by atoms with Crippen LogP contribution >= 0.6 is 11.6 Å². The molecule has 0 unspecified atom stereocenters. The maximum atomic E-state index is 11.8. The van der Waals surface area contributed by atoms with Crippen LogP contribution < -0.4 is 20.3 Å². The standard InChI is InChI=1S/C22H19ClN2O4/c23-19-8-4-5-9-20(19)29-15-22(27)25-24-21(26)14-28-18-12-10-17(11-13-18)16-6-2-1-3-7-16/h1-13H,14-15H2,(H,24,26)(H,25,27). The zero-order valence-electron chi connectivity index (χ0n) is 15.4. The highest BCUT2D eigenvalue weighted by Gasteiger charge is 2.08. The second kappa shape index (κ2) is 10.1. The first kappa shape index (κ1) is 20.2. The Morgan fingerprint density at radius 2 is 1.24 bits per heavy atom. The molecule has 3 rings (SSSR count). The van der Waals surface area contributed by atoms with Crippen LogP contribution in [0, 0.1) is 0 Å². The SMILES string of the molecule is O=C(COc1ccc(-c2ccccc2)cc1)NNC(=O)COc1ccccc1Cl. The highest BCUT2D eigenvalue weighted by molar-refractivity contribution is 6.32. The molecule has 0 aliphatic heterocycles. The molecule has 2 N–H and O–H groups in total. The molecule has 0 aliphatic carbocycles. The molecule has 0 atom stereocenters. The Morgan fingerprint density at radius 1 is 0.690 bits per heavy atom. The van der Waals surface area contributed by atoms with Crippen molar-refractivity contribution in [1.82, 2.24) is 10.9 Å². The van der Waals surface area contributed by atoms with Gasteiger partial charge in [-0.15, -0.1) is 0 Å². The molecule has 0 saturated heterocycles. The van der Waals surface area contributed by atoms with Gasteiger partial charge in [0.1, 0.15) is 11.5 Å². The van der Waals surface area contributed by atoms with Gasteiger partial charge in [-0.3, -0.25) is 20.4 Å². The predicted octanol–water partition coefficient (Wildman–Crippen LogP) is 3.61. The Kier molecular flexibility index (Phi) is 7.08. The van der Waals surface area contributed by atoms with Gasteiger partial charge in [-0.25, -0.2) is 0 Å². The van der Waals surface area contributed by atoms with Crippen molar-refractivity contribution in [2.45, 2.75) is 0 Å². The molecule has 148 valence electrons. The minimum Gasteiger partial charge on any atom is -0.484 e. The van der Waals surface area contributed by atoms with Gasteiger partial charge >= 0.3 is 0 Å². The average Bonchev–Trinajstić information content (AvgIpc) is 2.76. The highest BCUT2D eigenvalue weighted by atomic mass is 35.5. The minimum atomic E-state index is -0.523. The Hall–Kier alpha value is -3.51. The van der Waals surface area contributed by atoms with Gasteiger partial charge in [-0.2, -0.15) is 0 Å². The molecule has 0 heterocycles. The van der Waals surface area contributed by atoms with Crippen molar-refractivity contribution < 1.29 is 19.1 Å². The smallest absolute Gasteiger partial charge is 0.276 e. The van der Waals surface area contributed by atoms with Gasteiger partial charge in [0.2, 0.25) is 0 Å². The third-order valence-corrected chi connectivity index (χ3v) is 4.18. The summed E-state index contributed by atoms with van der Waals surface area (Å²) in [5.41, 5.74) is 6.66. The fraction of sp³-hybridized carbons (Fsp3) is 0.0909. The third-order valence-electron chi connectivity index (χ3n) is 3.87. The van der Waals surface area contributed by atoms with Gasteiger partial charge in [-0.05, 0) is 35.4 Å². The molecule has 0 aliphatic rings. The molecule has 2 amide bonds. The lowest BCUT2D eigenvalue weighted by Crippen LogP contribution is -2.45. The number of carbonyl (C=O) groups is 2. The van der Waals surface area contributed by atoms with E-state index in [9.17, 15) is 9.59 Å². The number of amides is 2. The van der Waals surface area contributed by atoms with Crippen LogP contribution in [0.3, 0.4) is 0 Å². The molecular weight excluding hydrogens is 392 g/mol. The Balaban J connectivity index is 1.38. The zero-order valence-corrected chi connectivity index (χ0v) is 16.2. The van der Waals surface area contributed by atoms with Crippen molar-refractivity contribution in [3.63, 3.8) is 0 Å². The van der Waals surface area contributed by atoms with Crippen LogP contribution in [0.5, 0.6) is 11.5 Å². The lowest BCUT2D eigenvalue weighted by Gasteiger charge is -2.10. The first-order valence-corrected chi connectivity index (χ1v) is 9.23. The first-order valence-electron chi connectivity index (χ1n) is 8.85. The zero-order chi connectivity index (χ0) is 20.5. The summed E-state index contributed by atoms with van der Waals surface area (Å²) in [6.45, 7) is -0.526. The van der Waals surface area contributed by atoms with E-state index in [1.807, 2.05) is 42.5 Å². The van der Waals surface area contributed by atoms with Gasteiger partial charge in [0.15, 0.2) is 13.2 Å². The highest BCUT2D eigenvalue weighted by Crippen LogP contribution is 2.23. The number of benzene rings is 3. The van der Waals surface area contributed by atoms with Gasteiger partial charge in [-0.1, -0.05) is 66.2 Å². The van der Waals surface area contributed by atoms with Crippen molar-refractivity contribution in [3.8, 4) is 22.6 Å². The fourth-order valence-electron chi connectivity index (χ4n) is 2.44. The van der Waals surface area contributed by atoms with Crippen LogP contribution in [-0.4, -0.2) is 25.0 Å². The third kappa shape index (κ3) is 6.26. The molecule has 0 radical (unpaired) electrons. The predicted molar refractivity (Wildman–Crippen MR) is 111 cm³/mol. The number of halogens is 1. The van der Waals surface area contributed by atoms with Crippen LogP contribution in [-0.2, 0) is 9.59 Å². The van der Waals surface area contributed by atoms with Crippen molar-refractivity contribution in [2.24, 2.45) is 0 Å². The van der Waals surface area contributed by atoms with E-state index >= 15 is 0 Å². The van der Waals surface area contributed by atoms with E-state index in [4.69, 9.17) is 21.1 Å². The summed E-state index contributed by atoms with van der Waals surface area (Å²) in [4.78, 5) is 23.6. The van der Waals surface area contributed by atoms with Crippen molar-refractivity contribution >= 4 is 23.4 Å². The van der Waals surface area contributed by atoms with E-state index in [0.29, 0.717) is 16.5 Å². The van der Waals surface area contributed by atoms with E-state index in [1.54, 1.807) is 36.4 Å². The average molecular weight is 411 g/mol. The first-order chi connectivity index (χ1) is 14.1. The van der Waals surface area contributed by atoms with E-state index < -0.39 is 11.8 Å². The maximum Gasteiger partial charge on any atom is 0.276 e. The molecule has 0 fully saturated rings. The molecule has 6 nitrogen and oxygen atoms in total. The van der Waals surface area contributed by atoms with E-state index in [1.165, 1.54) is 0 Å². The molecule has 7 heteroatoms. The molecule has 29 heavy (non-hydrogen) atoms. The number of rotatable bonds is 7. The number of nitrogens with one attached hydrogen (secondary N) is 2. The topological polar surface area (TPSA) is 76.7 Å². The maximum absolute atomic E-state index is 11.8. The quantitative estimate of drug-likeness (QED) is 0.583. The van der Waals surface area contributed by atoms with E-state index in [0.717, 1.165) is 11.1 Å². The molecule has 0 aromatic heterocycles. The number of hydrogen-bond acceptors (Lipinski definition) is 4. The summed E-state index contributed by atoms with van der Waals surface area (Å²) in [5, 5.41) is 0.399. The van der Waals surface area contributed by atoms with E-state index in [2.05, 4.69) is 10.9 Å². The molecule has 3 aromatic rings. The molecule has 0 saturated carbocycles. The summed E-state index contributed by atoms with van der Waals surface area (Å²) in [5.74, 6) is -0.0835. The summed E-state index contributed by atoms with van der Waals surface area (Å²) >= 11 is 5.94. The number of hydrogen-bond donors (Lipinski definition) is 2. The summed E-state index contributed by atoms with van der Waals surface area (Å²) in [6.07, 6.45) is 0. The minimum absolute atomic E-state index is 0.240. The Labute approximate surface area is 173 Å². The molecule has 0 spiro atoms. The fourth-order valence-corrected chi connectivity index (χ4v) is 2.63. The Bertz CT molecular complexity index is 962. The van der Waals surface area contributed by atoms with Crippen LogP contribution in [0.25, 0.3) is 11.1 Å². The van der Waals surface area contributed by atoms with Gasteiger partial charge < -0.3 is 9.47 Å². The van der Waals surface area contributed by atoms with Crippen LogP contribution in [0.1, 0.15) is 0 Å². The second-order valence-corrected chi connectivity index (χ2v) is 6.40. The second-order valence-electron chi connectivity index (χ2n) is 5.99.